The van der Waals surface area contributed by atoms with Crippen molar-refractivity contribution in [1.82, 2.24) is 20.0 Å². The molecule has 88 valence electrons. The molecule has 1 N–H and O–H groups in total. The monoisotopic (exact) mass is 251 g/mol. The minimum atomic E-state index is -0.143. The van der Waals surface area contributed by atoms with Crippen molar-refractivity contribution in [3.8, 4) is 0 Å². The summed E-state index contributed by atoms with van der Waals surface area (Å²) in [5.41, 5.74) is 0. The van der Waals surface area contributed by atoms with Crippen LogP contribution in [0.2, 0.25) is 5.02 Å². The van der Waals surface area contributed by atoms with Gasteiger partial charge in [0, 0.05) is 23.8 Å². The van der Waals surface area contributed by atoms with Crippen molar-refractivity contribution in [2.75, 3.05) is 5.32 Å². The molecule has 7 heteroatoms. The van der Waals surface area contributed by atoms with Crippen molar-refractivity contribution in [2.45, 2.75) is 13.0 Å². The van der Waals surface area contributed by atoms with E-state index in [4.69, 9.17) is 11.6 Å². The molecular weight excluding hydrogens is 242 g/mol. The molecule has 0 aromatic carbocycles. The Morgan fingerprint density at radius 1 is 1.47 bits per heavy atom. The molecule has 0 saturated carbocycles. The lowest BCUT2D eigenvalue weighted by atomic mass is 10.4. The van der Waals surface area contributed by atoms with Gasteiger partial charge in [-0.1, -0.05) is 16.8 Å². The normalized spacial score (nSPS) is 10.2. The van der Waals surface area contributed by atoms with Crippen LogP contribution in [0.5, 0.6) is 0 Å². The van der Waals surface area contributed by atoms with Crippen molar-refractivity contribution in [2.24, 2.45) is 0 Å². The number of nitrogens with one attached hydrogen (secondary N) is 1. The maximum absolute atomic E-state index is 11.6. The molecule has 2 aromatic heterocycles. The van der Waals surface area contributed by atoms with Gasteiger partial charge in [-0.05, 0) is 12.1 Å². The summed E-state index contributed by atoms with van der Waals surface area (Å²) in [5.74, 6) is 0.302. The topological polar surface area (TPSA) is 72.7 Å². The highest BCUT2D eigenvalue weighted by Crippen LogP contribution is 2.11. The number of carbonyl (C=O) groups is 1. The van der Waals surface area contributed by atoms with E-state index >= 15 is 0 Å². The number of hydrogen-bond acceptors (Lipinski definition) is 4. The van der Waals surface area contributed by atoms with Gasteiger partial charge in [0.15, 0.2) is 0 Å². The predicted octanol–water partition coefficient (Wildman–Crippen LogP) is 1.36. The quantitative estimate of drug-likeness (QED) is 0.890. The van der Waals surface area contributed by atoms with Gasteiger partial charge >= 0.3 is 0 Å². The van der Waals surface area contributed by atoms with Gasteiger partial charge in [-0.25, -0.2) is 4.98 Å². The van der Waals surface area contributed by atoms with Crippen LogP contribution in [0.4, 0.5) is 5.82 Å². The summed E-state index contributed by atoms with van der Waals surface area (Å²) in [7, 11) is 0. The van der Waals surface area contributed by atoms with Crippen LogP contribution in [-0.4, -0.2) is 25.9 Å². The van der Waals surface area contributed by atoms with Crippen LogP contribution in [0.1, 0.15) is 6.42 Å². The highest BCUT2D eigenvalue weighted by Gasteiger charge is 2.04. The highest BCUT2D eigenvalue weighted by atomic mass is 35.5. The minimum Gasteiger partial charge on any atom is -0.311 e. The minimum absolute atomic E-state index is 0.143. The fraction of sp³-hybridized carbons (Fsp3) is 0.200. The Bertz CT molecular complexity index is 499. The Labute approximate surface area is 103 Å². The summed E-state index contributed by atoms with van der Waals surface area (Å²) in [5, 5.41) is 10.6. The molecule has 0 aliphatic heterocycles. The molecule has 0 unspecified atom stereocenters. The number of rotatable bonds is 4. The average Bonchev–Trinajstić information content (AvgIpc) is 2.79. The van der Waals surface area contributed by atoms with Gasteiger partial charge in [0.1, 0.15) is 5.82 Å². The Balaban J connectivity index is 1.85. The zero-order valence-corrected chi connectivity index (χ0v) is 9.63. The molecule has 0 bridgehead atoms. The van der Waals surface area contributed by atoms with Crippen molar-refractivity contribution in [3.05, 3.63) is 35.7 Å². The van der Waals surface area contributed by atoms with E-state index in [1.165, 1.54) is 6.20 Å². The summed E-state index contributed by atoms with van der Waals surface area (Å²) >= 11 is 5.77. The second kappa shape index (κ2) is 5.40. The number of hydrogen-bond donors (Lipinski definition) is 1. The Kier molecular flexibility index (Phi) is 3.66. The molecule has 0 aliphatic carbocycles. The number of carbonyl (C=O) groups excluding carboxylic acids is 1. The van der Waals surface area contributed by atoms with Crippen LogP contribution in [0, 0.1) is 0 Å². The first-order valence-corrected chi connectivity index (χ1v) is 5.37. The third kappa shape index (κ3) is 3.53. The number of nitrogens with zero attached hydrogens (tertiary/aromatic N) is 4. The lowest BCUT2D eigenvalue weighted by Gasteiger charge is -2.04. The SMILES string of the molecule is O=C(CCn1ccnn1)Nc1cc(Cl)ccn1. The second-order valence-corrected chi connectivity index (χ2v) is 3.76. The van der Waals surface area contributed by atoms with Crippen LogP contribution in [0.15, 0.2) is 30.7 Å². The van der Waals surface area contributed by atoms with Gasteiger partial charge in [0.05, 0.1) is 12.7 Å². The predicted molar refractivity (Wildman–Crippen MR) is 62.5 cm³/mol. The molecule has 0 saturated heterocycles. The average molecular weight is 252 g/mol. The van der Waals surface area contributed by atoms with E-state index in [0.29, 0.717) is 23.8 Å². The maximum atomic E-state index is 11.6. The Morgan fingerprint density at radius 2 is 2.35 bits per heavy atom. The smallest absolute Gasteiger partial charge is 0.227 e. The van der Waals surface area contributed by atoms with Crippen LogP contribution >= 0.6 is 11.6 Å². The fourth-order valence-electron chi connectivity index (χ4n) is 1.25. The van der Waals surface area contributed by atoms with Gasteiger partial charge in [-0.2, -0.15) is 0 Å². The Morgan fingerprint density at radius 3 is 3.06 bits per heavy atom. The molecule has 6 nitrogen and oxygen atoms in total. The standard InChI is InChI=1S/C10H10ClN5O/c11-8-1-3-12-9(7-8)14-10(17)2-5-16-6-4-13-15-16/h1,3-4,6-7H,2,5H2,(H,12,14,17). The van der Waals surface area contributed by atoms with E-state index in [2.05, 4.69) is 20.6 Å². The van der Waals surface area contributed by atoms with Crippen molar-refractivity contribution >= 4 is 23.3 Å². The summed E-state index contributed by atoms with van der Waals surface area (Å²) in [4.78, 5) is 15.5. The van der Waals surface area contributed by atoms with Gasteiger partial charge in [-0.15, -0.1) is 5.10 Å². The van der Waals surface area contributed by atoms with E-state index in [1.54, 1.807) is 29.2 Å². The van der Waals surface area contributed by atoms with Gasteiger partial charge in [0.25, 0.3) is 0 Å². The van der Waals surface area contributed by atoms with E-state index in [9.17, 15) is 4.79 Å². The van der Waals surface area contributed by atoms with E-state index in [1.807, 2.05) is 0 Å². The molecule has 1 amide bonds. The van der Waals surface area contributed by atoms with Crippen LogP contribution < -0.4 is 5.32 Å². The number of anilines is 1. The highest BCUT2D eigenvalue weighted by molar-refractivity contribution is 6.30. The third-order valence-electron chi connectivity index (χ3n) is 2.03. The molecular formula is C10H10ClN5O. The van der Waals surface area contributed by atoms with Crippen LogP contribution in [0.3, 0.4) is 0 Å². The Hall–Kier alpha value is -1.95. The van der Waals surface area contributed by atoms with Crippen LogP contribution in [-0.2, 0) is 11.3 Å². The second-order valence-electron chi connectivity index (χ2n) is 3.32. The molecule has 0 aliphatic rings. The molecule has 0 spiro atoms. The summed E-state index contributed by atoms with van der Waals surface area (Å²) in [6.07, 6.45) is 5.11. The first kappa shape index (κ1) is 11.5. The summed E-state index contributed by atoms with van der Waals surface area (Å²) in [6, 6.07) is 3.24. The largest absolute Gasteiger partial charge is 0.311 e. The number of amides is 1. The molecule has 2 heterocycles. The molecule has 2 rings (SSSR count). The van der Waals surface area contributed by atoms with Crippen molar-refractivity contribution < 1.29 is 4.79 Å². The lowest BCUT2D eigenvalue weighted by molar-refractivity contribution is -0.116. The maximum Gasteiger partial charge on any atom is 0.227 e. The first-order valence-electron chi connectivity index (χ1n) is 4.99. The van der Waals surface area contributed by atoms with Crippen molar-refractivity contribution in [3.63, 3.8) is 0 Å². The molecule has 2 aromatic rings. The molecule has 0 radical (unpaired) electrons. The molecule has 0 atom stereocenters. The number of pyridine rings is 1. The number of aromatic nitrogens is 4. The van der Waals surface area contributed by atoms with Crippen LogP contribution in [0.25, 0.3) is 0 Å². The zero-order valence-electron chi connectivity index (χ0n) is 8.88. The van der Waals surface area contributed by atoms with Gasteiger partial charge in [-0.3, -0.25) is 9.48 Å². The van der Waals surface area contributed by atoms with Gasteiger partial charge < -0.3 is 5.32 Å². The lowest BCUT2D eigenvalue weighted by Crippen LogP contribution is -2.15. The zero-order chi connectivity index (χ0) is 12.1. The third-order valence-corrected chi connectivity index (χ3v) is 2.26. The first-order chi connectivity index (χ1) is 8.24. The molecule has 17 heavy (non-hydrogen) atoms. The molecule has 0 fully saturated rings. The van der Waals surface area contributed by atoms with E-state index < -0.39 is 0 Å². The van der Waals surface area contributed by atoms with E-state index in [-0.39, 0.29) is 5.91 Å². The van der Waals surface area contributed by atoms with Crippen molar-refractivity contribution in [1.29, 1.82) is 0 Å². The number of halogens is 1. The fourth-order valence-corrected chi connectivity index (χ4v) is 1.41. The van der Waals surface area contributed by atoms with E-state index in [0.717, 1.165) is 0 Å². The summed E-state index contributed by atoms with van der Waals surface area (Å²) in [6.45, 7) is 0.479. The van der Waals surface area contributed by atoms with Gasteiger partial charge in [0.2, 0.25) is 5.91 Å². The number of aryl methyl sites for hydroxylation is 1. The summed E-state index contributed by atoms with van der Waals surface area (Å²) < 4.78 is 1.59.